The first-order valence-corrected chi connectivity index (χ1v) is 14.3. The molecule has 9 rings (SSSR count). The summed E-state index contributed by atoms with van der Waals surface area (Å²) in [5, 5.41) is 4.50. The lowest BCUT2D eigenvalue weighted by Gasteiger charge is -2.52. The molecule has 2 bridgehead atoms. The second-order valence-electron chi connectivity index (χ2n) is 11.5. The molecule has 43 heavy (non-hydrogen) atoms. The fourth-order valence-corrected chi connectivity index (χ4v) is 7.48. The van der Waals surface area contributed by atoms with Gasteiger partial charge in [-0.2, -0.15) is 5.10 Å². The number of hydrogen-bond donors (Lipinski definition) is 1. The molecule has 1 fully saturated rings. The minimum atomic E-state index is -1.05. The van der Waals surface area contributed by atoms with Crippen LogP contribution in [0.15, 0.2) is 96.1 Å². The van der Waals surface area contributed by atoms with Crippen LogP contribution in [0, 0.1) is 18.8 Å². The molecule has 2 heterocycles. The summed E-state index contributed by atoms with van der Waals surface area (Å²) in [6, 6.07) is 28.8. The van der Waals surface area contributed by atoms with Crippen LogP contribution in [0.5, 0.6) is 11.5 Å². The minimum absolute atomic E-state index is 0.0842. The molecule has 8 nitrogen and oxygen atoms in total. The molecular formula is C35H27N3O5. The predicted octanol–water partition coefficient (Wildman–Crippen LogP) is 4.62. The fraction of sp³-hybridized carbons (Fsp3) is 0.200. The first-order chi connectivity index (χ1) is 21.0. The summed E-state index contributed by atoms with van der Waals surface area (Å²) < 4.78 is 10.8. The maximum absolute atomic E-state index is 14.4. The third-order valence-electron chi connectivity index (χ3n) is 9.24. The van der Waals surface area contributed by atoms with E-state index < -0.39 is 17.3 Å². The minimum Gasteiger partial charge on any atom is -0.454 e. The highest BCUT2D eigenvalue weighted by Crippen LogP contribution is 2.63. The van der Waals surface area contributed by atoms with Gasteiger partial charge in [0, 0.05) is 12.1 Å². The molecule has 5 aliphatic rings. The van der Waals surface area contributed by atoms with E-state index in [1.807, 2.05) is 85.8 Å². The topological polar surface area (TPSA) is 97.3 Å². The Labute approximate surface area is 247 Å². The molecule has 2 atom stereocenters. The SMILES string of the molecule is Cc1ccc(N2C(=O)[C@H]3C4c5ccccc5C(/C=N\NC(=O)Cc5ccc6c(c5)OCO6)(c5ccccc54)[C@H]3C2=O)cc1. The average molecular weight is 570 g/mol. The number of carbonyl (C=O) groups excluding carboxylic acids is 3. The van der Waals surface area contributed by atoms with E-state index in [1.165, 1.54) is 4.90 Å². The third kappa shape index (κ3) is 3.62. The van der Waals surface area contributed by atoms with Crippen LogP contribution in [0.2, 0.25) is 0 Å². The largest absolute Gasteiger partial charge is 0.454 e. The maximum Gasteiger partial charge on any atom is 0.244 e. The molecule has 1 saturated heterocycles. The number of aryl methyl sites for hydroxylation is 1. The zero-order valence-corrected chi connectivity index (χ0v) is 23.3. The van der Waals surface area contributed by atoms with E-state index in [-0.39, 0.29) is 36.9 Å². The molecule has 0 unspecified atom stereocenters. The quantitative estimate of drug-likeness (QED) is 0.215. The van der Waals surface area contributed by atoms with Crippen LogP contribution in [0.25, 0.3) is 0 Å². The van der Waals surface area contributed by atoms with Crippen molar-refractivity contribution in [3.05, 3.63) is 124 Å². The fourth-order valence-electron chi connectivity index (χ4n) is 7.48. The molecule has 0 aromatic heterocycles. The Morgan fingerprint density at radius 1 is 0.907 bits per heavy atom. The zero-order valence-electron chi connectivity index (χ0n) is 23.3. The highest BCUT2D eigenvalue weighted by molar-refractivity contribution is 6.25. The number of carbonyl (C=O) groups is 3. The van der Waals surface area contributed by atoms with E-state index in [2.05, 4.69) is 10.5 Å². The Morgan fingerprint density at radius 2 is 1.58 bits per heavy atom. The van der Waals surface area contributed by atoms with Crippen LogP contribution < -0.4 is 19.8 Å². The van der Waals surface area contributed by atoms with E-state index in [9.17, 15) is 14.4 Å². The van der Waals surface area contributed by atoms with Crippen LogP contribution in [-0.4, -0.2) is 30.7 Å². The van der Waals surface area contributed by atoms with Crippen LogP contribution >= 0.6 is 0 Å². The lowest BCUT2D eigenvalue weighted by molar-refractivity contribution is -0.123. The average Bonchev–Trinajstić information content (AvgIpc) is 3.60. The summed E-state index contributed by atoms with van der Waals surface area (Å²) in [6.07, 6.45) is 1.76. The van der Waals surface area contributed by atoms with Crippen molar-refractivity contribution in [1.29, 1.82) is 0 Å². The molecule has 212 valence electrons. The van der Waals surface area contributed by atoms with Crippen molar-refractivity contribution in [1.82, 2.24) is 5.43 Å². The van der Waals surface area contributed by atoms with Gasteiger partial charge in [0.1, 0.15) is 0 Å². The Morgan fingerprint density at radius 3 is 2.30 bits per heavy atom. The molecule has 8 heteroatoms. The van der Waals surface area contributed by atoms with Crippen LogP contribution in [0.4, 0.5) is 5.69 Å². The van der Waals surface area contributed by atoms with Gasteiger partial charge in [-0.3, -0.25) is 14.4 Å². The van der Waals surface area contributed by atoms with Gasteiger partial charge in [0.05, 0.1) is 29.4 Å². The van der Waals surface area contributed by atoms with Crippen molar-refractivity contribution in [2.24, 2.45) is 16.9 Å². The molecule has 3 aliphatic carbocycles. The Hall–Kier alpha value is -5.24. The van der Waals surface area contributed by atoms with E-state index in [0.29, 0.717) is 17.2 Å². The van der Waals surface area contributed by atoms with Crippen molar-refractivity contribution >= 4 is 29.6 Å². The van der Waals surface area contributed by atoms with Crippen molar-refractivity contribution in [2.45, 2.75) is 24.7 Å². The molecule has 1 N–H and O–H groups in total. The molecule has 3 amide bonds. The number of anilines is 1. The van der Waals surface area contributed by atoms with Crippen molar-refractivity contribution < 1.29 is 23.9 Å². The second kappa shape index (κ2) is 9.39. The maximum atomic E-state index is 14.4. The lowest BCUT2D eigenvalue weighted by Crippen LogP contribution is -2.54. The van der Waals surface area contributed by atoms with Crippen molar-refractivity contribution in [2.75, 3.05) is 11.7 Å². The van der Waals surface area contributed by atoms with Crippen LogP contribution in [-0.2, 0) is 26.2 Å². The molecular weight excluding hydrogens is 542 g/mol. The normalized spacial score (nSPS) is 24.2. The standard InChI is InChI=1S/C35H27N3O5/c1-20-10-13-22(14-11-20)38-33(40)31-30-23-6-2-4-8-25(23)35(32(31)34(38)41,26-9-5-3-7-24(26)30)18-36-37-29(39)17-21-12-15-27-28(16-21)43-19-42-27/h2-16,18,30-32H,17,19H2,1H3,(H,37,39)/b36-18-/t30?,31-,32+,35?/m0/s1. The summed E-state index contributed by atoms with van der Waals surface area (Å²) in [5.41, 5.74) is 7.88. The monoisotopic (exact) mass is 569 g/mol. The summed E-state index contributed by atoms with van der Waals surface area (Å²) in [5.74, 6) is -1.11. The van der Waals surface area contributed by atoms with Gasteiger partial charge in [-0.1, -0.05) is 72.3 Å². The first kappa shape index (κ1) is 25.5. The number of hydrogen-bond acceptors (Lipinski definition) is 6. The summed E-state index contributed by atoms with van der Waals surface area (Å²) in [4.78, 5) is 43.0. The Kier molecular flexibility index (Phi) is 5.56. The predicted molar refractivity (Wildman–Crippen MR) is 159 cm³/mol. The molecule has 4 aromatic carbocycles. The number of benzene rings is 4. The Bertz CT molecular complexity index is 1820. The number of fused-ring (bicyclic) bond motifs is 1. The van der Waals surface area contributed by atoms with E-state index in [4.69, 9.17) is 9.47 Å². The van der Waals surface area contributed by atoms with Crippen molar-refractivity contribution in [3.63, 3.8) is 0 Å². The number of hydrazone groups is 1. The number of rotatable bonds is 5. The van der Waals surface area contributed by atoms with Gasteiger partial charge in [-0.25, -0.2) is 10.3 Å². The van der Waals surface area contributed by atoms with Gasteiger partial charge in [0.2, 0.25) is 24.5 Å². The van der Waals surface area contributed by atoms with Gasteiger partial charge in [-0.15, -0.1) is 0 Å². The molecule has 0 spiro atoms. The first-order valence-electron chi connectivity index (χ1n) is 14.3. The zero-order chi connectivity index (χ0) is 29.3. The highest BCUT2D eigenvalue weighted by Gasteiger charge is 2.68. The Balaban J connectivity index is 1.21. The lowest BCUT2D eigenvalue weighted by atomic mass is 9.47. The third-order valence-corrected chi connectivity index (χ3v) is 9.24. The number of imide groups is 1. The van der Waals surface area contributed by atoms with Crippen molar-refractivity contribution in [3.8, 4) is 11.5 Å². The molecule has 2 aliphatic heterocycles. The molecule has 0 saturated carbocycles. The van der Waals surface area contributed by atoms with Gasteiger partial charge < -0.3 is 9.47 Å². The van der Waals surface area contributed by atoms with E-state index in [1.54, 1.807) is 18.3 Å². The van der Waals surface area contributed by atoms with Gasteiger partial charge in [0.25, 0.3) is 0 Å². The number of nitrogens with one attached hydrogen (secondary N) is 1. The summed E-state index contributed by atoms with van der Waals surface area (Å²) in [7, 11) is 0. The number of amides is 3. The number of nitrogens with zero attached hydrogens (tertiary/aromatic N) is 2. The highest BCUT2D eigenvalue weighted by atomic mass is 16.7. The second-order valence-corrected chi connectivity index (χ2v) is 11.5. The van der Waals surface area contributed by atoms with E-state index >= 15 is 0 Å². The van der Waals surface area contributed by atoms with Crippen LogP contribution in [0.1, 0.15) is 39.3 Å². The summed E-state index contributed by atoms with van der Waals surface area (Å²) in [6.45, 7) is 2.13. The molecule has 4 aromatic rings. The van der Waals surface area contributed by atoms with Gasteiger partial charge in [0.15, 0.2) is 11.5 Å². The number of ether oxygens (including phenoxy) is 2. The van der Waals surface area contributed by atoms with E-state index in [0.717, 1.165) is 33.4 Å². The summed E-state index contributed by atoms with van der Waals surface area (Å²) >= 11 is 0. The molecule has 0 radical (unpaired) electrons. The van der Waals surface area contributed by atoms with Gasteiger partial charge >= 0.3 is 0 Å². The van der Waals surface area contributed by atoms with Gasteiger partial charge in [-0.05, 0) is 59.0 Å². The smallest absolute Gasteiger partial charge is 0.244 e. The van der Waals surface area contributed by atoms with Crippen LogP contribution in [0.3, 0.4) is 0 Å².